The summed E-state index contributed by atoms with van der Waals surface area (Å²) >= 11 is 0. The van der Waals surface area contributed by atoms with Crippen molar-refractivity contribution in [1.82, 2.24) is 9.62 Å². The van der Waals surface area contributed by atoms with E-state index in [0.29, 0.717) is 38.5 Å². The van der Waals surface area contributed by atoms with Gasteiger partial charge in [-0.3, -0.25) is 4.79 Å². The molecule has 0 aromatic heterocycles. The Bertz CT molecular complexity index is 1060. The number of carbonyl (C=O) groups is 1. The van der Waals surface area contributed by atoms with Gasteiger partial charge in [-0.15, -0.1) is 0 Å². The Labute approximate surface area is 196 Å². The van der Waals surface area contributed by atoms with Gasteiger partial charge in [0.05, 0.1) is 36.0 Å². The van der Waals surface area contributed by atoms with Crippen molar-refractivity contribution in [2.24, 2.45) is 0 Å². The fourth-order valence-corrected chi connectivity index (χ4v) is 5.57. The highest BCUT2D eigenvalue weighted by Gasteiger charge is 2.28. The fraction of sp³-hybridized carbons (Fsp3) is 0.458. The van der Waals surface area contributed by atoms with Crippen molar-refractivity contribution in [3.8, 4) is 0 Å². The van der Waals surface area contributed by atoms with Crippen LogP contribution in [0.3, 0.4) is 0 Å². The average Bonchev–Trinajstić information content (AvgIpc) is 3.37. The van der Waals surface area contributed by atoms with Gasteiger partial charge in [-0.25, -0.2) is 8.42 Å². The number of sulfonamides is 1. The summed E-state index contributed by atoms with van der Waals surface area (Å²) in [6.45, 7) is 5.87. The third kappa shape index (κ3) is 5.85. The van der Waals surface area contributed by atoms with Gasteiger partial charge in [0.1, 0.15) is 0 Å². The lowest BCUT2D eigenvalue weighted by Crippen LogP contribution is -2.40. The van der Waals surface area contributed by atoms with Gasteiger partial charge in [0.15, 0.2) is 0 Å². The van der Waals surface area contributed by atoms with Crippen molar-refractivity contribution >= 4 is 27.3 Å². The Balaban J connectivity index is 1.47. The molecule has 4 rings (SSSR count). The van der Waals surface area contributed by atoms with E-state index in [4.69, 9.17) is 4.74 Å². The van der Waals surface area contributed by atoms with E-state index < -0.39 is 10.0 Å². The van der Waals surface area contributed by atoms with Crippen LogP contribution in [0.4, 0.5) is 11.4 Å². The van der Waals surface area contributed by atoms with Gasteiger partial charge >= 0.3 is 0 Å². The van der Waals surface area contributed by atoms with Gasteiger partial charge < -0.3 is 20.3 Å². The molecule has 2 aliphatic heterocycles. The molecule has 2 N–H and O–H groups in total. The minimum Gasteiger partial charge on any atom is -0.379 e. The van der Waals surface area contributed by atoms with Crippen molar-refractivity contribution in [1.29, 1.82) is 0 Å². The monoisotopic (exact) mass is 472 g/mol. The van der Waals surface area contributed by atoms with Gasteiger partial charge in [-0.1, -0.05) is 29.8 Å². The molecule has 2 aromatic rings. The number of hydrogen-bond donors (Lipinski definition) is 2. The Morgan fingerprint density at radius 2 is 1.70 bits per heavy atom. The first-order valence-electron chi connectivity index (χ1n) is 11.5. The number of anilines is 2. The largest absolute Gasteiger partial charge is 0.379 e. The number of carbonyl (C=O) groups excluding carboxylic acids is 1. The molecule has 8 nitrogen and oxygen atoms in total. The standard InChI is InChI=1S/C24H32N4O4S/c1-19-4-6-20(7-5-19)17-26-24(29)18-25-22-16-21(8-9-23(22)27-10-2-3-11-27)33(30,31)28-12-14-32-15-13-28/h4-9,16,25H,2-3,10-15,17-18H2,1H3,(H,26,29). The van der Waals surface area contributed by atoms with Crippen LogP contribution >= 0.6 is 0 Å². The lowest BCUT2D eigenvalue weighted by atomic mass is 10.1. The molecule has 0 aliphatic carbocycles. The molecule has 0 unspecified atom stereocenters. The first-order valence-corrected chi connectivity index (χ1v) is 12.9. The minimum absolute atomic E-state index is 0.0633. The molecule has 9 heteroatoms. The Morgan fingerprint density at radius 1 is 1.00 bits per heavy atom. The summed E-state index contributed by atoms with van der Waals surface area (Å²) in [7, 11) is -3.62. The number of amides is 1. The molecule has 0 saturated carbocycles. The Hall–Kier alpha value is -2.62. The zero-order valence-electron chi connectivity index (χ0n) is 19.0. The number of ether oxygens (including phenoxy) is 1. The van der Waals surface area contributed by atoms with E-state index in [2.05, 4.69) is 15.5 Å². The van der Waals surface area contributed by atoms with Crippen molar-refractivity contribution in [2.75, 3.05) is 56.2 Å². The van der Waals surface area contributed by atoms with Gasteiger partial charge in [-0.2, -0.15) is 4.31 Å². The predicted octanol–water partition coefficient (Wildman–Crippen LogP) is 2.34. The minimum atomic E-state index is -3.62. The first kappa shape index (κ1) is 23.5. The lowest BCUT2D eigenvalue weighted by molar-refractivity contribution is -0.119. The summed E-state index contributed by atoms with van der Waals surface area (Å²) in [4.78, 5) is 15.0. The van der Waals surface area contributed by atoms with Gasteiger partial charge in [0, 0.05) is 32.7 Å². The molecule has 2 aliphatic rings. The second-order valence-electron chi connectivity index (χ2n) is 8.51. The first-order chi connectivity index (χ1) is 15.9. The summed E-state index contributed by atoms with van der Waals surface area (Å²) in [6, 6.07) is 13.2. The van der Waals surface area contributed by atoms with Crippen LogP contribution < -0.4 is 15.5 Å². The number of nitrogens with zero attached hydrogens (tertiary/aromatic N) is 2. The van der Waals surface area contributed by atoms with Crippen LogP contribution in [0.2, 0.25) is 0 Å². The molecular formula is C24H32N4O4S. The smallest absolute Gasteiger partial charge is 0.243 e. The molecule has 1 amide bonds. The molecule has 2 aromatic carbocycles. The zero-order chi connectivity index (χ0) is 23.3. The van der Waals surface area contributed by atoms with E-state index in [0.717, 1.165) is 37.2 Å². The van der Waals surface area contributed by atoms with E-state index in [1.54, 1.807) is 12.1 Å². The summed E-state index contributed by atoms with van der Waals surface area (Å²) in [5.41, 5.74) is 3.80. The van der Waals surface area contributed by atoms with Crippen molar-refractivity contribution in [2.45, 2.75) is 31.2 Å². The summed E-state index contributed by atoms with van der Waals surface area (Å²) in [6.07, 6.45) is 2.20. The van der Waals surface area contributed by atoms with Crippen LogP contribution in [0.1, 0.15) is 24.0 Å². The SMILES string of the molecule is Cc1ccc(CNC(=O)CNc2cc(S(=O)(=O)N3CCOCC3)ccc2N2CCCC2)cc1. The molecule has 2 saturated heterocycles. The molecule has 33 heavy (non-hydrogen) atoms. The number of morpholine rings is 1. The predicted molar refractivity (Wildman–Crippen MR) is 129 cm³/mol. The fourth-order valence-electron chi connectivity index (χ4n) is 4.13. The normalized spacial score (nSPS) is 17.2. The summed E-state index contributed by atoms with van der Waals surface area (Å²) < 4.78 is 33.0. The third-order valence-electron chi connectivity index (χ3n) is 6.07. The molecule has 178 valence electrons. The maximum atomic E-state index is 13.1. The topological polar surface area (TPSA) is 91.0 Å². The maximum Gasteiger partial charge on any atom is 0.243 e. The highest BCUT2D eigenvalue weighted by Crippen LogP contribution is 2.32. The Kier molecular flexibility index (Phi) is 7.52. The molecule has 0 spiro atoms. The summed E-state index contributed by atoms with van der Waals surface area (Å²) in [5.74, 6) is -0.149. The highest BCUT2D eigenvalue weighted by atomic mass is 32.2. The van der Waals surface area contributed by atoms with Crippen LogP contribution in [-0.2, 0) is 26.1 Å². The van der Waals surface area contributed by atoms with Crippen LogP contribution in [-0.4, -0.2) is 64.6 Å². The van der Waals surface area contributed by atoms with Crippen molar-refractivity contribution < 1.29 is 17.9 Å². The number of nitrogens with one attached hydrogen (secondary N) is 2. The zero-order valence-corrected chi connectivity index (χ0v) is 19.9. The Morgan fingerprint density at radius 3 is 2.39 bits per heavy atom. The molecule has 2 heterocycles. The number of aryl methyl sites for hydroxylation is 1. The van der Waals surface area contributed by atoms with E-state index >= 15 is 0 Å². The van der Waals surface area contributed by atoms with E-state index in [1.165, 1.54) is 9.87 Å². The van der Waals surface area contributed by atoms with Crippen molar-refractivity contribution in [3.05, 3.63) is 53.6 Å². The summed E-state index contributed by atoms with van der Waals surface area (Å²) in [5, 5.41) is 6.11. The van der Waals surface area contributed by atoms with Gasteiger partial charge in [0.2, 0.25) is 15.9 Å². The second-order valence-corrected chi connectivity index (χ2v) is 10.4. The van der Waals surface area contributed by atoms with Gasteiger partial charge in [0.25, 0.3) is 0 Å². The molecule has 2 fully saturated rings. The molecular weight excluding hydrogens is 440 g/mol. The second kappa shape index (κ2) is 10.5. The number of benzene rings is 2. The van der Waals surface area contributed by atoms with E-state index in [-0.39, 0.29) is 17.3 Å². The quantitative estimate of drug-likeness (QED) is 0.613. The van der Waals surface area contributed by atoms with Crippen LogP contribution in [0, 0.1) is 6.92 Å². The van der Waals surface area contributed by atoms with Crippen LogP contribution in [0.15, 0.2) is 47.4 Å². The average molecular weight is 473 g/mol. The van der Waals surface area contributed by atoms with E-state index in [9.17, 15) is 13.2 Å². The molecule has 0 radical (unpaired) electrons. The number of hydrogen-bond acceptors (Lipinski definition) is 6. The molecule has 0 atom stereocenters. The van der Waals surface area contributed by atoms with Crippen LogP contribution in [0.25, 0.3) is 0 Å². The van der Waals surface area contributed by atoms with Crippen LogP contribution in [0.5, 0.6) is 0 Å². The van der Waals surface area contributed by atoms with Crippen molar-refractivity contribution in [3.63, 3.8) is 0 Å². The maximum absolute atomic E-state index is 13.1. The van der Waals surface area contributed by atoms with E-state index in [1.807, 2.05) is 37.3 Å². The highest BCUT2D eigenvalue weighted by molar-refractivity contribution is 7.89. The molecule has 0 bridgehead atoms. The third-order valence-corrected chi connectivity index (χ3v) is 7.97. The lowest BCUT2D eigenvalue weighted by Gasteiger charge is -2.27. The number of rotatable bonds is 8. The van der Waals surface area contributed by atoms with Gasteiger partial charge in [-0.05, 0) is 43.5 Å².